The topological polar surface area (TPSA) is 51.2 Å². The third-order valence-electron chi connectivity index (χ3n) is 5.41. The van der Waals surface area contributed by atoms with Gasteiger partial charge in [0.15, 0.2) is 0 Å². The van der Waals surface area contributed by atoms with E-state index in [1.54, 1.807) is 0 Å². The van der Waals surface area contributed by atoms with Crippen molar-refractivity contribution in [2.45, 2.75) is 58.4 Å². The molecule has 1 heterocycles. The van der Waals surface area contributed by atoms with Gasteiger partial charge < -0.3 is 10.1 Å². The van der Waals surface area contributed by atoms with E-state index in [0.717, 1.165) is 22.6 Å². The standard InChI is InChI=1S/C23H30N2O2/c1-3-27-22-13-10-19(11-14-22)20-9-12-21(24-16-20)15-23(26)25-17(2)18-7-5-4-6-8-18/h9-14,16-18H,3-8,15H2,1-2H3,(H,25,26)/t17-/m0/s1. The third kappa shape index (κ3) is 5.56. The third-order valence-corrected chi connectivity index (χ3v) is 5.41. The van der Waals surface area contributed by atoms with Crippen molar-refractivity contribution in [2.75, 3.05) is 6.61 Å². The van der Waals surface area contributed by atoms with Crippen molar-refractivity contribution < 1.29 is 9.53 Å². The molecule has 0 unspecified atom stereocenters. The average molecular weight is 367 g/mol. The molecule has 1 aromatic heterocycles. The Bertz CT molecular complexity index is 719. The number of aromatic nitrogens is 1. The van der Waals surface area contributed by atoms with Crippen molar-refractivity contribution in [3.63, 3.8) is 0 Å². The fourth-order valence-electron chi connectivity index (χ4n) is 3.83. The molecular weight excluding hydrogens is 336 g/mol. The maximum Gasteiger partial charge on any atom is 0.226 e. The van der Waals surface area contributed by atoms with Crippen LogP contribution in [0.1, 0.15) is 51.6 Å². The predicted octanol–water partition coefficient (Wildman–Crippen LogP) is 4.77. The number of hydrogen-bond acceptors (Lipinski definition) is 3. The van der Waals surface area contributed by atoms with Crippen LogP contribution in [0.2, 0.25) is 0 Å². The molecule has 2 aromatic rings. The first-order valence-electron chi connectivity index (χ1n) is 10.1. The lowest BCUT2D eigenvalue weighted by atomic mass is 9.84. The number of ether oxygens (including phenoxy) is 1. The van der Waals surface area contributed by atoms with Gasteiger partial charge in [0.2, 0.25) is 5.91 Å². The Morgan fingerprint density at radius 1 is 1.11 bits per heavy atom. The predicted molar refractivity (Wildman–Crippen MR) is 109 cm³/mol. The van der Waals surface area contributed by atoms with E-state index in [9.17, 15) is 4.79 Å². The van der Waals surface area contributed by atoms with Crippen molar-refractivity contribution in [1.29, 1.82) is 0 Å². The summed E-state index contributed by atoms with van der Waals surface area (Å²) in [6, 6.07) is 12.2. The maximum atomic E-state index is 12.4. The largest absolute Gasteiger partial charge is 0.494 e. The first kappa shape index (κ1) is 19.4. The molecule has 1 fully saturated rings. The van der Waals surface area contributed by atoms with Crippen LogP contribution in [0.5, 0.6) is 5.75 Å². The number of pyridine rings is 1. The van der Waals surface area contributed by atoms with Crippen LogP contribution in [0, 0.1) is 5.92 Å². The van der Waals surface area contributed by atoms with Crippen molar-refractivity contribution >= 4 is 5.91 Å². The molecule has 0 saturated heterocycles. The van der Waals surface area contributed by atoms with Crippen molar-refractivity contribution in [2.24, 2.45) is 5.92 Å². The smallest absolute Gasteiger partial charge is 0.226 e. The first-order valence-corrected chi connectivity index (χ1v) is 10.1. The van der Waals surface area contributed by atoms with Crippen LogP contribution >= 0.6 is 0 Å². The number of nitrogens with one attached hydrogen (secondary N) is 1. The van der Waals surface area contributed by atoms with Crippen LogP contribution in [0.3, 0.4) is 0 Å². The minimum Gasteiger partial charge on any atom is -0.494 e. The molecule has 3 rings (SSSR count). The number of hydrogen-bond donors (Lipinski definition) is 1. The quantitative estimate of drug-likeness (QED) is 0.767. The zero-order chi connectivity index (χ0) is 19.1. The van der Waals surface area contributed by atoms with E-state index in [2.05, 4.69) is 17.2 Å². The summed E-state index contributed by atoms with van der Waals surface area (Å²) in [7, 11) is 0. The number of amides is 1. The van der Waals surface area contributed by atoms with Crippen LogP contribution in [0.25, 0.3) is 11.1 Å². The van der Waals surface area contributed by atoms with Crippen molar-refractivity contribution in [3.05, 3.63) is 48.3 Å². The average Bonchev–Trinajstić information content (AvgIpc) is 2.70. The van der Waals surface area contributed by atoms with Crippen LogP contribution in [-0.4, -0.2) is 23.5 Å². The minimum atomic E-state index is 0.0643. The second kappa shape index (κ2) is 9.54. The molecule has 1 saturated carbocycles. The zero-order valence-corrected chi connectivity index (χ0v) is 16.4. The summed E-state index contributed by atoms with van der Waals surface area (Å²) < 4.78 is 5.47. The van der Waals surface area contributed by atoms with Crippen LogP contribution in [0.4, 0.5) is 0 Å². The van der Waals surface area contributed by atoms with Gasteiger partial charge >= 0.3 is 0 Å². The van der Waals surface area contributed by atoms with E-state index in [4.69, 9.17) is 4.74 Å². The van der Waals surface area contributed by atoms with Crippen LogP contribution < -0.4 is 10.1 Å². The molecule has 0 spiro atoms. The van der Waals surface area contributed by atoms with E-state index in [1.807, 2.05) is 49.5 Å². The normalized spacial score (nSPS) is 15.9. The highest BCUT2D eigenvalue weighted by Gasteiger charge is 2.21. The van der Waals surface area contributed by atoms with E-state index in [1.165, 1.54) is 32.1 Å². The number of rotatable bonds is 7. The second-order valence-electron chi connectivity index (χ2n) is 7.43. The van der Waals surface area contributed by atoms with E-state index < -0.39 is 0 Å². The molecule has 0 radical (unpaired) electrons. The minimum absolute atomic E-state index is 0.0643. The van der Waals surface area contributed by atoms with E-state index in [0.29, 0.717) is 18.9 Å². The Morgan fingerprint density at radius 2 is 1.81 bits per heavy atom. The summed E-state index contributed by atoms with van der Waals surface area (Å²) in [4.78, 5) is 16.8. The zero-order valence-electron chi connectivity index (χ0n) is 16.4. The summed E-state index contributed by atoms with van der Waals surface area (Å²) in [5.74, 6) is 1.56. The Balaban J connectivity index is 1.54. The molecular formula is C23H30N2O2. The van der Waals surface area contributed by atoms with Gasteiger partial charge in [0.05, 0.1) is 13.0 Å². The molecule has 144 valence electrons. The van der Waals surface area contributed by atoms with E-state index >= 15 is 0 Å². The summed E-state index contributed by atoms with van der Waals surface area (Å²) in [6.45, 7) is 4.77. The van der Waals surface area contributed by atoms with Gasteiger partial charge in [-0.05, 0) is 56.4 Å². The highest BCUT2D eigenvalue weighted by atomic mass is 16.5. The lowest BCUT2D eigenvalue weighted by molar-refractivity contribution is -0.121. The molecule has 1 aliphatic rings. The molecule has 4 nitrogen and oxygen atoms in total. The number of carbonyl (C=O) groups is 1. The molecule has 4 heteroatoms. The van der Waals surface area contributed by atoms with Gasteiger partial charge in [-0.25, -0.2) is 0 Å². The lowest BCUT2D eigenvalue weighted by Gasteiger charge is -2.28. The fraction of sp³-hybridized carbons (Fsp3) is 0.478. The van der Waals surface area contributed by atoms with Gasteiger partial charge in [0.25, 0.3) is 0 Å². The Labute approximate surface area is 162 Å². The van der Waals surface area contributed by atoms with Gasteiger partial charge in [-0.3, -0.25) is 9.78 Å². The molecule has 1 N–H and O–H groups in total. The summed E-state index contributed by atoms with van der Waals surface area (Å²) in [5.41, 5.74) is 2.93. The molecule has 1 amide bonds. The molecule has 27 heavy (non-hydrogen) atoms. The number of benzene rings is 1. The summed E-state index contributed by atoms with van der Waals surface area (Å²) >= 11 is 0. The van der Waals surface area contributed by atoms with Crippen LogP contribution in [0.15, 0.2) is 42.6 Å². The summed E-state index contributed by atoms with van der Waals surface area (Å²) in [6.07, 6.45) is 8.55. The van der Waals surface area contributed by atoms with Gasteiger partial charge in [-0.1, -0.05) is 37.5 Å². The van der Waals surface area contributed by atoms with E-state index in [-0.39, 0.29) is 11.9 Å². The maximum absolute atomic E-state index is 12.4. The van der Waals surface area contributed by atoms with Crippen molar-refractivity contribution in [1.82, 2.24) is 10.3 Å². The molecule has 0 bridgehead atoms. The number of nitrogens with zero attached hydrogens (tertiary/aromatic N) is 1. The molecule has 0 aliphatic heterocycles. The molecule has 1 aromatic carbocycles. The monoisotopic (exact) mass is 366 g/mol. The Hall–Kier alpha value is -2.36. The lowest BCUT2D eigenvalue weighted by Crippen LogP contribution is -2.39. The fourth-order valence-corrected chi connectivity index (χ4v) is 3.83. The highest BCUT2D eigenvalue weighted by Crippen LogP contribution is 2.26. The summed E-state index contributed by atoms with van der Waals surface area (Å²) in [5, 5.41) is 3.17. The van der Waals surface area contributed by atoms with Gasteiger partial charge in [0, 0.05) is 23.5 Å². The number of carbonyl (C=O) groups excluding carboxylic acids is 1. The van der Waals surface area contributed by atoms with Crippen LogP contribution in [-0.2, 0) is 11.2 Å². The SMILES string of the molecule is CCOc1ccc(-c2ccc(CC(=O)N[C@@H](C)C3CCCCC3)nc2)cc1. The second-order valence-corrected chi connectivity index (χ2v) is 7.43. The highest BCUT2D eigenvalue weighted by molar-refractivity contribution is 5.78. The van der Waals surface area contributed by atoms with Gasteiger partial charge in [0.1, 0.15) is 5.75 Å². The molecule has 1 atom stereocenters. The van der Waals surface area contributed by atoms with Gasteiger partial charge in [-0.15, -0.1) is 0 Å². The molecule has 1 aliphatic carbocycles. The Kier molecular flexibility index (Phi) is 6.86. The van der Waals surface area contributed by atoms with Crippen molar-refractivity contribution in [3.8, 4) is 16.9 Å². The Morgan fingerprint density at radius 3 is 2.44 bits per heavy atom. The first-order chi connectivity index (χ1) is 13.2. The van der Waals surface area contributed by atoms with Gasteiger partial charge in [-0.2, -0.15) is 0 Å².